The van der Waals surface area contributed by atoms with Crippen LogP contribution >= 0.6 is 15.9 Å². The number of hydrogen-bond acceptors (Lipinski definition) is 8. The maximum atomic E-state index is 11.4. The molecule has 0 N–H and O–H groups in total. The fourth-order valence-corrected chi connectivity index (χ4v) is 2.83. The van der Waals surface area contributed by atoms with Gasteiger partial charge in [-0.25, -0.2) is 9.59 Å². The Balaban J connectivity index is 0.000000291. The third-order valence-electron chi connectivity index (χ3n) is 3.70. The number of carbonyl (C=O) groups is 2. The van der Waals surface area contributed by atoms with Gasteiger partial charge in [0.15, 0.2) is 0 Å². The molecule has 0 heterocycles. The van der Waals surface area contributed by atoms with E-state index in [2.05, 4.69) is 25.4 Å². The third kappa shape index (κ3) is 5.82. The Bertz CT molecular complexity index is 945. The standard InChI is InChI=1S/C9H8BrNO4.C9H9NO4/c1-15-9(12)8-6(5-10)3-2-4-7(8)11(13)14;1-6-4-3-5-7(10(12)13)8(6)9(11)14-2/h2-4H,5H2,1H3;3-5H,1-2H3. The summed E-state index contributed by atoms with van der Waals surface area (Å²) < 4.78 is 8.97. The minimum Gasteiger partial charge on any atom is -0.465 e. The van der Waals surface area contributed by atoms with Crippen molar-refractivity contribution >= 4 is 39.2 Å². The van der Waals surface area contributed by atoms with Crippen molar-refractivity contribution in [1.82, 2.24) is 0 Å². The Kier molecular flexibility index (Phi) is 8.87. The number of aryl methyl sites for hydroxylation is 1. The van der Waals surface area contributed by atoms with E-state index in [1.54, 1.807) is 19.1 Å². The van der Waals surface area contributed by atoms with Gasteiger partial charge in [0, 0.05) is 17.5 Å². The first-order valence-corrected chi connectivity index (χ1v) is 9.04. The summed E-state index contributed by atoms with van der Waals surface area (Å²) in [5.74, 6) is -1.38. The van der Waals surface area contributed by atoms with E-state index in [0.717, 1.165) is 0 Å². The number of nitro groups is 2. The van der Waals surface area contributed by atoms with Crippen LogP contribution in [0.25, 0.3) is 0 Å². The number of hydrogen-bond donors (Lipinski definition) is 0. The highest BCUT2D eigenvalue weighted by molar-refractivity contribution is 9.08. The second kappa shape index (κ2) is 10.9. The minimum atomic E-state index is -0.697. The third-order valence-corrected chi connectivity index (χ3v) is 4.30. The highest BCUT2D eigenvalue weighted by Gasteiger charge is 2.24. The molecule has 0 bridgehead atoms. The van der Waals surface area contributed by atoms with E-state index >= 15 is 0 Å². The Labute approximate surface area is 173 Å². The minimum absolute atomic E-state index is 0.00174. The lowest BCUT2D eigenvalue weighted by atomic mass is 10.1. The van der Waals surface area contributed by atoms with E-state index in [-0.39, 0.29) is 22.5 Å². The quantitative estimate of drug-likeness (QED) is 0.278. The van der Waals surface area contributed by atoms with E-state index < -0.39 is 21.8 Å². The summed E-state index contributed by atoms with van der Waals surface area (Å²) in [6.07, 6.45) is 0. The van der Waals surface area contributed by atoms with Gasteiger partial charge < -0.3 is 9.47 Å². The molecule has 10 nitrogen and oxygen atoms in total. The number of esters is 2. The first kappa shape index (κ1) is 23.7. The lowest BCUT2D eigenvalue weighted by molar-refractivity contribution is -0.385. The SMILES string of the molecule is COC(=O)c1c(C)cccc1[N+](=O)[O-].COC(=O)c1c(CBr)cccc1[N+](=O)[O-]. The van der Waals surface area contributed by atoms with Gasteiger partial charge in [0.05, 0.1) is 24.1 Å². The van der Waals surface area contributed by atoms with Crippen LogP contribution in [0, 0.1) is 27.2 Å². The van der Waals surface area contributed by atoms with Gasteiger partial charge in [0.25, 0.3) is 11.4 Å². The maximum Gasteiger partial charge on any atom is 0.345 e. The summed E-state index contributed by atoms with van der Waals surface area (Å²) in [6, 6.07) is 8.87. The first-order valence-electron chi connectivity index (χ1n) is 7.92. The van der Waals surface area contributed by atoms with Crippen LogP contribution in [0.3, 0.4) is 0 Å². The molecule has 29 heavy (non-hydrogen) atoms. The molecule has 0 amide bonds. The van der Waals surface area contributed by atoms with Gasteiger partial charge in [0.2, 0.25) is 0 Å². The number of halogens is 1. The fraction of sp³-hybridized carbons (Fsp3) is 0.222. The second-order valence-corrected chi connectivity index (χ2v) is 5.97. The number of methoxy groups -OCH3 is 2. The molecular weight excluding hydrogens is 452 g/mol. The number of alkyl halides is 1. The van der Waals surface area contributed by atoms with E-state index in [1.165, 1.54) is 38.5 Å². The zero-order valence-corrected chi connectivity index (χ0v) is 17.3. The summed E-state index contributed by atoms with van der Waals surface area (Å²) in [6.45, 7) is 1.62. The average Bonchev–Trinajstić information content (AvgIpc) is 2.72. The number of rotatable bonds is 5. The topological polar surface area (TPSA) is 139 Å². The molecule has 2 aromatic carbocycles. The smallest absolute Gasteiger partial charge is 0.345 e. The summed E-state index contributed by atoms with van der Waals surface area (Å²) in [4.78, 5) is 42.7. The Hall–Kier alpha value is -3.34. The number of benzene rings is 2. The highest BCUT2D eigenvalue weighted by atomic mass is 79.9. The molecule has 0 unspecified atom stereocenters. The number of ether oxygens (including phenoxy) is 2. The van der Waals surface area contributed by atoms with Gasteiger partial charge in [-0.3, -0.25) is 20.2 Å². The fourth-order valence-electron chi connectivity index (χ4n) is 2.36. The van der Waals surface area contributed by atoms with Crippen molar-refractivity contribution < 1.29 is 28.9 Å². The zero-order chi connectivity index (χ0) is 22.1. The summed E-state index contributed by atoms with van der Waals surface area (Å²) in [5, 5.41) is 21.6. The van der Waals surface area contributed by atoms with E-state index in [9.17, 15) is 29.8 Å². The molecule has 154 valence electrons. The van der Waals surface area contributed by atoms with Crippen LogP contribution in [0.1, 0.15) is 31.8 Å². The van der Waals surface area contributed by atoms with Crippen LogP contribution in [-0.2, 0) is 14.8 Å². The molecular formula is C18H17BrN2O8. The van der Waals surface area contributed by atoms with Crippen molar-refractivity contribution in [3.8, 4) is 0 Å². The van der Waals surface area contributed by atoms with Crippen LogP contribution in [0.2, 0.25) is 0 Å². The van der Waals surface area contributed by atoms with Crippen molar-refractivity contribution in [2.45, 2.75) is 12.3 Å². The van der Waals surface area contributed by atoms with Gasteiger partial charge in [-0.1, -0.05) is 40.2 Å². The molecule has 0 fully saturated rings. The van der Waals surface area contributed by atoms with E-state index in [0.29, 0.717) is 16.5 Å². The molecule has 0 aliphatic carbocycles. The van der Waals surface area contributed by atoms with Crippen LogP contribution in [0.15, 0.2) is 36.4 Å². The molecule has 2 aromatic rings. The Morgan fingerprint density at radius 2 is 1.34 bits per heavy atom. The second-order valence-electron chi connectivity index (χ2n) is 5.41. The lowest BCUT2D eigenvalue weighted by Gasteiger charge is -2.05. The van der Waals surface area contributed by atoms with Crippen LogP contribution < -0.4 is 0 Å². The molecule has 0 aliphatic heterocycles. The van der Waals surface area contributed by atoms with Crippen LogP contribution in [0.4, 0.5) is 11.4 Å². The number of carbonyl (C=O) groups excluding carboxylic acids is 2. The number of nitrogens with zero attached hydrogens (tertiary/aromatic N) is 2. The Morgan fingerprint density at radius 3 is 1.79 bits per heavy atom. The van der Waals surface area contributed by atoms with Gasteiger partial charge in [-0.05, 0) is 18.1 Å². The van der Waals surface area contributed by atoms with Gasteiger partial charge in [-0.2, -0.15) is 0 Å². The molecule has 0 aromatic heterocycles. The van der Waals surface area contributed by atoms with Gasteiger partial charge in [-0.15, -0.1) is 0 Å². The molecule has 0 atom stereocenters. The Morgan fingerprint density at radius 1 is 0.897 bits per heavy atom. The maximum absolute atomic E-state index is 11.4. The van der Waals surface area contributed by atoms with Crippen molar-refractivity contribution in [1.29, 1.82) is 0 Å². The number of nitro benzene ring substituents is 2. The normalized spacial score (nSPS) is 9.66. The molecule has 0 spiro atoms. The van der Waals surface area contributed by atoms with Crippen LogP contribution in [-0.4, -0.2) is 36.0 Å². The monoisotopic (exact) mass is 468 g/mol. The zero-order valence-electron chi connectivity index (χ0n) is 15.7. The molecule has 0 aliphatic rings. The van der Waals surface area contributed by atoms with Gasteiger partial charge in [0.1, 0.15) is 11.1 Å². The molecule has 0 radical (unpaired) electrons. The van der Waals surface area contributed by atoms with E-state index in [1.807, 2.05) is 0 Å². The van der Waals surface area contributed by atoms with Crippen LogP contribution in [0.5, 0.6) is 0 Å². The summed E-state index contributed by atoms with van der Waals surface area (Å²) >= 11 is 3.16. The summed E-state index contributed by atoms with van der Waals surface area (Å²) in [7, 11) is 2.38. The molecule has 2 rings (SSSR count). The average molecular weight is 469 g/mol. The van der Waals surface area contributed by atoms with Crippen molar-refractivity contribution in [2.75, 3.05) is 14.2 Å². The molecule has 11 heteroatoms. The predicted molar refractivity (Wildman–Crippen MR) is 106 cm³/mol. The summed E-state index contributed by atoms with van der Waals surface area (Å²) in [5.41, 5.74) is 0.625. The van der Waals surface area contributed by atoms with Crippen molar-refractivity contribution in [3.63, 3.8) is 0 Å². The largest absolute Gasteiger partial charge is 0.465 e. The predicted octanol–water partition coefficient (Wildman–Crippen LogP) is 3.97. The molecule has 0 saturated carbocycles. The van der Waals surface area contributed by atoms with Gasteiger partial charge >= 0.3 is 11.9 Å². The van der Waals surface area contributed by atoms with Crippen molar-refractivity contribution in [2.24, 2.45) is 0 Å². The first-order chi connectivity index (χ1) is 13.7. The van der Waals surface area contributed by atoms with E-state index in [4.69, 9.17) is 0 Å². The lowest BCUT2D eigenvalue weighted by Crippen LogP contribution is -2.08. The van der Waals surface area contributed by atoms with Crippen molar-refractivity contribution in [3.05, 3.63) is 78.9 Å². The molecule has 0 saturated heterocycles. The highest BCUT2D eigenvalue weighted by Crippen LogP contribution is 2.25.